The monoisotopic (exact) mass is 485 g/mol. The molecule has 1 aliphatic heterocycles. The maximum absolute atomic E-state index is 13.4. The molecule has 2 heterocycles. The van der Waals surface area contributed by atoms with Crippen LogP contribution in [0.5, 0.6) is 5.75 Å². The van der Waals surface area contributed by atoms with Crippen molar-refractivity contribution in [1.29, 1.82) is 0 Å². The topological polar surface area (TPSA) is 83.5 Å². The second kappa shape index (κ2) is 10.3. The second-order valence-electron chi connectivity index (χ2n) is 8.44. The summed E-state index contributed by atoms with van der Waals surface area (Å²) in [4.78, 5) is 17.8. The molecule has 1 amide bonds. The Morgan fingerprint density at radius 2 is 1.91 bits per heavy atom. The van der Waals surface area contributed by atoms with Crippen LogP contribution in [0.15, 0.2) is 77.0 Å². The Hall–Kier alpha value is -3.65. The van der Waals surface area contributed by atoms with Crippen LogP contribution in [0.3, 0.4) is 0 Å². The first kappa shape index (κ1) is 23.1. The summed E-state index contributed by atoms with van der Waals surface area (Å²) in [6, 6.07) is 22.2. The zero-order chi connectivity index (χ0) is 24.2. The Bertz CT molecular complexity index is 1370. The number of hydrogen-bond acceptors (Lipinski definition) is 6. The number of rotatable bonds is 8. The molecule has 7 nitrogen and oxygen atoms in total. The first-order valence-corrected chi connectivity index (χ1v) is 12.7. The molecule has 0 saturated heterocycles. The quantitative estimate of drug-likeness (QED) is 0.338. The van der Waals surface area contributed by atoms with E-state index in [2.05, 4.69) is 52.4 Å². The van der Waals surface area contributed by atoms with E-state index in [4.69, 9.17) is 9.84 Å². The lowest BCUT2D eigenvalue weighted by atomic mass is 9.97. The normalized spacial score (nSPS) is 15.4. The number of hydrazone groups is 1. The van der Waals surface area contributed by atoms with Gasteiger partial charge in [-0.15, -0.1) is 5.10 Å². The van der Waals surface area contributed by atoms with Crippen LogP contribution in [-0.4, -0.2) is 44.7 Å². The average Bonchev–Trinajstić information content (AvgIpc) is 3.55. The van der Waals surface area contributed by atoms with Gasteiger partial charge in [-0.25, -0.2) is 9.99 Å². The van der Waals surface area contributed by atoms with Crippen LogP contribution in [-0.2, 0) is 11.2 Å². The molecule has 1 atom stereocenters. The van der Waals surface area contributed by atoms with Gasteiger partial charge in [-0.1, -0.05) is 67.2 Å². The number of carbonyl (C=O) groups excluding carboxylic acids is 1. The highest BCUT2D eigenvalue weighted by molar-refractivity contribution is 7.99. The lowest BCUT2D eigenvalue weighted by Gasteiger charge is -2.22. The highest BCUT2D eigenvalue weighted by Gasteiger charge is 2.33. The van der Waals surface area contributed by atoms with E-state index in [0.29, 0.717) is 11.6 Å². The lowest BCUT2D eigenvalue weighted by Crippen LogP contribution is -2.28. The number of aryl methyl sites for hydroxylation is 1. The molecule has 3 aromatic carbocycles. The fourth-order valence-electron chi connectivity index (χ4n) is 4.25. The Morgan fingerprint density at radius 3 is 2.69 bits per heavy atom. The first-order valence-electron chi connectivity index (χ1n) is 11.7. The van der Waals surface area contributed by atoms with Crippen LogP contribution in [0.4, 0.5) is 0 Å². The second-order valence-corrected chi connectivity index (χ2v) is 9.39. The number of nitrogens with one attached hydrogen (secondary N) is 1. The van der Waals surface area contributed by atoms with E-state index < -0.39 is 0 Å². The third-order valence-electron chi connectivity index (χ3n) is 6.07. The van der Waals surface area contributed by atoms with Gasteiger partial charge in [0.2, 0.25) is 5.16 Å². The predicted molar refractivity (Wildman–Crippen MR) is 139 cm³/mol. The summed E-state index contributed by atoms with van der Waals surface area (Å²) >= 11 is 1.33. The van der Waals surface area contributed by atoms with Gasteiger partial charge >= 0.3 is 0 Å². The van der Waals surface area contributed by atoms with Gasteiger partial charge in [0, 0.05) is 12.8 Å². The number of benzene rings is 3. The molecule has 0 radical (unpaired) electrons. The lowest BCUT2D eigenvalue weighted by molar-refractivity contribution is -0.130. The molecule has 35 heavy (non-hydrogen) atoms. The van der Waals surface area contributed by atoms with Crippen molar-refractivity contribution in [2.75, 3.05) is 12.9 Å². The number of aromatic nitrogens is 3. The number of H-pyrrole nitrogens is 1. The van der Waals surface area contributed by atoms with Gasteiger partial charge in [-0.3, -0.25) is 9.89 Å². The predicted octanol–water partition coefficient (Wildman–Crippen LogP) is 5.39. The highest BCUT2D eigenvalue weighted by atomic mass is 32.2. The van der Waals surface area contributed by atoms with E-state index in [1.807, 2.05) is 36.4 Å². The summed E-state index contributed by atoms with van der Waals surface area (Å²) in [6.07, 6.45) is 2.47. The van der Waals surface area contributed by atoms with Gasteiger partial charge in [0.05, 0.1) is 24.6 Å². The molecule has 5 rings (SSSR count). The molecule has 1 N–H and O–H groups in total. The van der Waals surface area contributed by atoms with Crippen molar-refractivity contribution in [3.05, 3.63) is 83.7 Å². The Morgan fingerprint density at radius 1 is 1.11 bits per heavy atom. The molecule has 1 aliphatic rings. The summed E-state index contributed by atoms with van der Waals surface area (Å²) in [5, 5.41) is 16.5. The minimum absolute atomic E-state index is 0.0755. The van der Waals surface area contributed by atoms with Crippen molar-refractivity contribution in [3.8, 4) is 5.75 Å². The maximum atomic E-state index is 13.4. The first-order chi connectivity index (χ1) is 17.1. The van der Waals surface area contributed by atoms with Crippen LogP contribution < -0.4 is 4.74 Å². The van der Waals surface area contributed by atoms with Gasteiger partial charge in [0.25, 0.3) is 5.91 Å². The maximum Gasteiger partial charge on any atom is 0.253 e. The van der Waals surface area contributed by atoms with Crippen LogP contribution >= 0.6 is 11.8 Å². The van der Waals surface area contributed by atoms with Gasteiger partial charge in [0.15, 0.2) is 0 Å². The smallest absolute Gasteiger partial charge is 0.253 e. The fraction of sp³-hybridized carbons (Fsp3) is 0.259. The zero-order valence-corrected chi connectivity index (χ0v) is 20.6. The van der Waals surface area contributed by atoms with Gasteiger partial charge in [0.1, 0.15) is 11.6 Å². The van der Waals surface area contributed by atoms with Crippen LogP contribution in [0, 0.1) is 0 Å². The minimum Gasteiger partial charge on any atom is -0.497 e. The number of methoxy groups -OCH3 is 1. The fourth-order valence-corrected chi connectivity index (χ4v) is 4.92. The van der Waals surface area contributed by atoms with Crippen LogP contribution in [0.25, 0.3) is 10.8 Å². The van der Waals surface area contributed by atoms with Crippen molar-refractivity contribution in [1.82, 2.24) is 20.2 Å². The summed E-state index contributed by atoms with van der Waals surface area (Å²) in [5.41, 5.74) is 2.95. The number of thioether (sulfide) groups is 1. The standard InChI is InChI=1S/C27H27N5O2S/c1-3-6-25-28-27(30-29-25)35-17-26(33)32-24(19-11-13-22(34-2)14-12-19)16-23(31-32)21-10-9-18-7-4-5-8-20(18)15-21/h4-5,7-15,24H,3,6,16-17H2,1-2H3,(H,28,29,30)/t24-/m0/s1. The van der Waals surface area contributed by atoms with Crippen LogP contribution in [0.1, 0.15) is 42.8 Å². The van der Waals surface area contributed by atoms with Gasteiger partial charge in [-0.05, 0) is 46.5 Å². The Labute approximate surface area is 208 Å². The molecule has 0 spiro atoms. The molecule has 8 heteroatoms. The summed E-state index contributed by atoms with van der Waals surface area (Å²) in [7, 11) is 1.65. The number of ether oxygens (including phenoxy) is 1. The van der Waals surface area contributed by atoms with Crippen molar-refractivity contribution >= 4 is 34.2 Å². The van der Waals surface area contributed by atoms with Gasteiger partial charge < -0.3 is 4.74 Å². The molecule has 4 aromatic rings. The number of amides is 1. The highest BCUT2D eigenvalue weighted by Crippen LogP contribution is 2.35. The Kier molecular flexibility index (Phi) is 6.81. The summed E-state index contributed by atoms with van der Waals surface area (Å²) in [6.45, 7) is 2.09. The molecule has 0 unspecified atom stereocenters. The van der Waals surface area contributed by atoms with Crippen molar-refractivity contribution in [2.45, 2.75) is 37.4 Å². The number of nitrogens with zero attached hydrogens (tertiary/aromatic N) is 4. The van der Waals surface area contributed by atoms with Gasteiger partial charge in [-0.2, -0.15) is 5.10 Å². The molecule has 0 bridgehead atoms. The molecular weight excluding hydrogens is 458 g/mol. The van der Waals surface area contributed by atoms with E-state index in [1.54, 1.807) is 12.1 Å². The summed E-state index contributed by atoms with van der Waals surface area (Å²) < 4.78 is 5.31. The number of fused-ring (bicyclic) bond motifs is 1. The van der Waals surface area contributed by atoms with E-state index in [9.17, 15) is 4.79 Å². The average molecular weight is 486 g/mol. The van der Waals surface area contributed by atoms with Crippen LogP contribution in [0.2, 0.25) is 0 Å². The van der Waals surface area contributed by atoms with Crippen molar-refractivity contribution in [3.63, 3.8) is 0 Å². The summed E-state index contributed by atoms with van der Waals surface area (Å²) in [5.74, 6) is 1.76. The third kappa shape index (κ3) is 5.07. The van der Waals surface area contributed by atoms with E-state index in [-0.39, 0.29) is 17.7 Å². The Balaban J connectivity index is 1.40. The molecule has 0 saturated carbocycles. The SMILES string of the molecule is CCCc1nc(SCC(=O)N2N=C(c3ccc4ccccc4c3)C[C@H]2c2ccc(OC)cc2)n[nH]1. The van der Waals surface area contributed by atoms with E-state index in [1.165, 1.54) is 17.1 Å². The minimum atomic E-state index is -0.182. The number of carbonyl (C=O) groups is 1. The molecular formula is C27H27N5O2S. The molecule has 0 aliphatic carbocycles. The zero-order valence-electron chi connectivity index (χ0n) is 19.8. The molecule has 0 fully saturated rings. The van der Waals surface area contributed by atoms with Crippen molar-refractivity contribution < 1.29 is 9.53 Å². The third-order valence-corrected chi connectivity index (χ3v) is 6.90. The number of hydrogen-bond donors (Lipinski definition) is 1. The van der Waals surface area contributed by atoms with E-state index in [0.717, 1.165) is 46.6 Å². The van der Waals surface area contributed by atoms with E-state index >= 15 is 0 Å². The molecule has 178 valence electrons. The van der Waals surface area contributed by atoms with Crippen molar-refractivity contribution in [2.24, 2.45) is 5.10 Å². The number of aromatic amines is 1. The largest absolute Gasteiger partial charge is 0.497 e. The molecule has 1 aromatic heterocycles.